The number of halogens is 1. The Kier molecular flexibility index (Phi) is 3.29. The Morgan fingerprint density at radius 2 is 2.00 bits per heavy atom. The monoisotopic (exact) mass is 403 g/mol. The number of amides is 1. The number of carbonyl (C=O) groups excluding carboxylic acids is 1. The first kappa shape index (κ1) is 16.2. The Hall–Kier alpha value is -0.940. The first-order chi connectivity index (χ1) is 11.8. The first-order valence-electron chi connectivity index (χ1n) is 9.54. The highest BCUT2D eigenvalue weighted by molar-refractivity contribution is 9.10. The molecule has 1 amide bonds. The lowest BCUT2D eigenvalue weighted by atomic mass is 9.71. The minimum Gasteiger partial charge on any atom is -0.307 e. The summed E-state index contributed by atoms with van der Waals surface area (Å²) in [5.41, 5.74) is 1.68. The zero-order valence-corrected chi connectivity index (χ0v) is 16.8. The quantitative estimate of drug-likeness (QED) is 0.754. The number of piperidine rings is 1. The van der Waals surface area contributed by atoms with Crippen LogP contribution in [-0.4, -0.2) is 40.5 Å². The summed E-state index contributed by atoms with van der Waals surface area (Å²) < 4.78 is 0.944. The first-order valence-corrected chi connectivity index (χ1v) is 10.3. The van der Waals surface area contributed by atoms with Gasteiger partial charge in [0.25, 0.3) is 0 Å². The van der Waals surface area contributed by atoms with Gasteiger partial charge in [0.15, 0.2) is 0 Å². The lowest BCUT2D eigenvalue weighted by Gasteiger charge is -2.55. The molecule has 0 bridgehead atoms. The van der Waals surface area contributed by atoms with E-state index in [0.29, 0.717) is 6.04 Å². The predicted octanol–water partition coefficient (Wildman–Crippen LogP) is 3.73. The molecular formula is C20H26BrN3O. The maximum atomic E-state index is 13.1. The maximum absolute atomic E-state index is 13.1. The number of likely N-dealkylation sites (tertiary alicyclic amines) is 1. The van der Waals surface area contributed by atoms with Crippen LogP contribution in [0.25, 0.3) is 0 Å². The van der Waals surface area contributed by atoms with Gasteiger partial charge < -0.3 is 4.90 Å². The van der Waals surface area contributed by atoms with Crippen LogP contribution in [0.3, 0.4) is 0 Å². The summed E-state index contributed by atoms with van der Waals surface area (Å²) in [6.45, 7) is 8.93. The Morgan fingerprint density at radius 1 is 1.24 bits per heavy atom. The van der Waals surface area contributed by atoms with E-state index in [2.05, 4.69) is 43.7 Å². The third-order valence-electron chi connectivity index (χ3n) is 7.21. The summed E-state index contributed by atoms with van der Waals surface area (Å²) in [6.07, 6.45) is 6.79. The number of pyridine rings is 1. The molecule has 0 spiro atoms. The molecule has 3 heterocycles. The van der Waals surface area contributed by atoms with Gasteiger partial charge in [0, 0.05) is 28.8 Å². The summed E-state index contributed by atoms with van der Waals surface area (Å²) >= 11 is 3.53. The normalized spacial score (nSPS) is 39.0. The SMILES string of the molecule is CC1(C)C(=O)N(C2CC(C)(N3CCC4C[C@@H]4C3)C2)c2cc(Br)cnc21. The van der Waals surface area contributed by atoms with Gasteiger partial charge in [-0.15, -0.1) is 0 Å². The second-order valence-electron chi connectivity index (χ2n) is 9.37. The van der Waals surface area contributed by atoms with Crippen LogP contribution in [0, 0.1) is 11.8 Å². The van der Waals surface area contributed by atoms with Gasteiger partial charge in [0.1, 0.15) is 0 Å². The van der Waals surface area contributed by atoms with Crippen LogP contribution >= 0.6 is 15.9 Å². The maximum Gasteiger partial charge on any atom is 0.239 e. The van der Waals surface area contributed by atoms with Crippen molar-refractivity contribution >= 4 is 27.5 Å². The molecule has 2 aliphatic heterocycles. The molecule has 1 unspecified atom stereocenters. The Balaban J connectivity index is 1.38. The second kappa shape index (κ2) is 5.07. The number of fused-ring (bicyclic) bond motifs is 2. The third kappa shape index (κ3) is 2.27. The fraction of sp³-hybridized carbons (Fsp3) is 0.700. The molecule has 1 aromatic rings. The minimum absolute atomic E-state index is 0.209. The molecule has 1 saturated heterocycles. The molecule has 2 saturated carbocycles. The third-order valence-corrected chi connectivity index (χ3v) is 7.65. The van der Waals surface area contributed by atoms with Crippen LogP contribution in [0.5, 0.6) is 0 Å². The summed E-state index contributed by atoms with van der Waals surface area (Å²) in [5.74, 6) is 2.19. The van der Waals surface area contributed by atoms with Gasteiger partial charge in [-0.3, -0.25) is 14.7 Å². The molecule has 0 aromatic carbocycles. The lowest BCUT2D eigenvalue weighted by molar-refractivity contribution is -0.123. The summed E-state index contributed by atoms with van der Waals surface area (Å²) in [5, 5.41) is 0. The van der Waals surface area contributed by atoms with Gasteiger partial charge in [0.05, 0.1) is 16.8 Å². The van der Waals surface area contributed by atoms with Crippen molar-refractivity contribution in [2.24, 2.45) is 11.8 Å². The molecule has 4 aliphatic rings. The van der Waals surface area contributed by atoms with Gasteiger partial charge in [-0.2, -0.15) is 0 Å². The highest BCUT2D eigenvalue weighted by Crippen LogP contribution is 2.52. The van der Waals surface area contributed by atoms with Gasteiger partial charge in [-0.05, 0) is 86.8 Å². The van der Waals surface area contributed by atoms with Crippen LogP contribution in [0.2, 0.25) is 0 Å². The lowest BCUT2D eigenvalue weighted by Crippen LogP contribution is -2.64. The number of rotatable bonds is 2. The van der Waals surface area contributed by atoms with Crippen molar-refractivity contribution < 1.29 is 4.79 Å². The molecule has 5 heteroatoms. The van der Waals surface area contributed by atoms with E-state index in [1.165, 1.54) is 25.9 Å². The molecule has 3 fully saturated rings. The number of anilines is 1. The van der Waals surface area contributed by atoms with Crippen molar-refractivity contribution in [2.45, 2.75) is 63.5 Å². The summed E-state index contributed by atoms with van der Waals surface area (Å²) in [7, 11) is 0. The molecule has 1 aromatic heterocycles. The number of aromatic nitrogens is 1. The average molecular weight is 404 g/mol. The Bertz CT molecular complexity index is 755. The van der Waals surface area contributed by atoms with Crippen LogP contribution in [0.15, 0.2) is 16.7 Å². The Morgan fingerprint density at radius 3 is 2.72 bits per heavy atom. The van der Waals surface area contributed by atoms with Gasteiger partial charge >= 0.3 is 0 Å². The fourth-order valence-corrected chi connectivity index (χ4v) is 5.76. The van der Waals surface area contributed by atoms with Crippen molar-refractivity contribution in [1.29, 1.82) is 0 Å². The van der Waals surface area contributed by atoms with Crippen molar-refractivity contribution in [3.63, 3.8) is 0 Å². The molecule has 0 radical (unpaired) electrons. The summed E-state index contributed by atoms with van der Waals surface area (Å²) in [6, 6.07) is 2.38. The molecular weight excluding hydrogens is 378 g/mol. The van der Waals surface area contributed by atoms with Gasteiger partial charge in [-0.25, -0.2) is 0 Å². The largest absolute Gasteiger partial charge is 0.307 e. The van der Waals surface area contributed by atoms with E-state index in [1.54, 1.807) is 0 Å². The van der Waals surface area contributed by atoms with E-state index in [4.69, 9.17) is 0 Å². The highest BCUT2D eigenvalue weighted by Gasteiger charge is 2.56. The molecule has 2 aliphatic carbocycles. The van der Waals surface area contributed by atoms with Crippen molar-refractivity contribution in [3.8, 4) is 0 Å². The zero-order chi connectivity index (χ0) is 17.6. The molecule has 25 heavy (non-hydrogen) atoms. The number of hydrogen-bond acceptors (Lipinski definition) is 3. The minimum atomic E-state index is -0.519. The molecule has 0 N–H and O–H groups in total. The van der Waals surface area contributed by atoms with E-state index in [9.17, 15) is 4.79 Å². The fourth-order valence-electron chi connectivity index (χ4n) is 5.44. The standard InChI is InChI=1S/C20H26BrN3O/c1-19(2)17-16(7-14(21)10-22-17)24(18(19)25)15-8-20(3,9-15)23-5-4-12-6-13(12)11-23/h7,10,12-13,15H,4-6,8-9,11H2,1-3H3/t12?,13-,15?,20?/m1/s1. The molecule has 5 rings (SSSR count). The van der Waals surface area contributed by atoms with E-state index < -0.39 is 5.41 Å². The second-order valence-corrected chi connectivity index (χ2v) is 10.3. The van der Waals surface area contributed by atoms with Crippen LogP contribution in [-0.2, 0) is 10.2 Å². The topological polar surface area (TPSA) is 36.4 Å². The van der Waals surface area contributed by atoms with E-state index in [0.717, 1.165) is 40.5 Å². The summed E-state index contributed by atoms with van der Waals surface area (Å²) in [4.78, 5) is 22.5. The predicted molar refractivity (Wildman–Crippen MR) is 102 cm³/mol. The number of nitrogens with zero attached hydrogens (tertiary/aromatic N) is 3. The molecule has 2 atom stereocenters. The zero-order valence-electron chi connectivity index (χ0n) is 15.3. The van der Waals surface area contributed by atoms with Crippen molar-refractivity contribution in [2.75, 3.05) is 18.0 Å². The highest BCUT2D eigenvalue weighted by atomic mass is 79.9. The average Bonchev–Trinajstić information content (AvgIpc) is 3.27. The van der Waals surface area contributed by atoms with Crippen molar-refractivity contribution in [1.82, 2.24) is 9.88 Å². The smallest absolute Gasteiger partial charge is 0.239 e. The van der Waals surface area contributed by atoms with Crippen LogP contribution < -0.4 is 4.90 Å². The molecule has 4 nitrogen and oxygen atoms in total. The van der Waals surface area contributed by atoms with E-state index in [1.807, 2.05) is 20.0 Å². The molecule has 134 valence electrons. The van der Waals surface area contributed by atoms with E-state index >= 15 is 0 Å². The van der Waals surface area contributed by atoms with Gasteiger partial charge in [0.2, 0.25) is 5.91 Å². The number of carbonyl (C=O) groups is 1. The Labute approximate surface area is 158 Å². The van der Waals surface area contributed by atoms with E-state index in [-0.39, 0.29) is 11.4 Å². The number of hydrogen-bond donors (Lipinski definition) is 0. The van der Waals surface area contributed by atoms with Crippen molar-refractivity contribution in [3.05, 3.63) is 22.4 Å². The van der Waals surface area contributed by atoms with Gasteiger partial charge in [-0.1, -0.05) is 0 Å². The van der Waals surface area contributed by atoms with Crippen LogP contribution in [0.4, 0.5) is 5.69 Å². The van der Waals surface area contributed by atoms with Crippen LogP contribution in [0.1, 0.15) is 52.1 Å².